The third-order valence-corrected chi connectivity index (χ3v) is 3.02. The molecule has 0 spiro atoms. The van der Waals surface area contributed by atoms with Crippen molar-refractivity contribution in [3.05, 3.63) is 53.5 Å². The van der Waals surface area contributed by atoms with Gasteiger partial charge in [0.05, 0.1) is 30.3 Å². The molecule has 1 atom stereocenters. The predicted octanol–water partition coefficient (Wildman–Crippen LogP) is 2.84. The summed E-state index contributed by atoms with van der Waals surface area (Å²) in [6.07, 6.45) is 2.74. The molecule has 2 aromatic rings. The summed E-state index contributed by atoms with van der Waals surface area (Å²) in [5.41, 5.74) is 3.29. The Bertz CT molecular complexity index is 583. The Morgan fingerprint density at radius 1 is 1.42 bits per heavy atom. The molecular weight excluding hydrogens is 240 g/mol. The van der Waals surface area contributed by atoms with Crippen molar-refractivity contribution in [1.29, 1.82) is 5.26 Å². The topological polar surface area (TPSA) is 60.4 Å². The van der Waals surface area contributed by atoms with Crippen LogP contribution >= 0.6 is 0 Å². The van der Waals surface area contributed by atoms with Crippen molar-refractivity contribution in [2.45, 2.75) is 19.6 Å². The molecule has 1 heterocycles. The van der Waals surface area contributed by atoms with E-state index in [1.165, 1.54) is 0 Å². The lowest BCUT2D eigenvalue weighted by molar-refractivity contribution is 0.199. The van der Waals surface area contributed by atoms with Crippen molar-refractivity contribution in [2.75, 3.05) is 11.9 Å². The zero-order valence-electron chi connectivity index (χ0n) is 11.0. The van der Waals surface area contributed by atoms with Gasteiger partial charge >= 0.3 is 0 Å². The van der Waals surface area contributed by atoms with Gasteiger partial charge in [0.2, 0.25) is 0 Å². The van der Waals surface area contributed by atoms with E-state index in [0.717, 1.165) is 16.8 Å². The van der Waals surface area contributed by atoms with Gasteiger partial charge in [-0.1, -0.05) is 6.07 Å². The number of nitrogens with zero attached hydrogens (tertiary/aromatic N) is 2. The number of nitriles is 1. The molecule has 0 fully saturated rings. The average Bonchev–Trinajstić information content (AvgIpc) is 2.90. The van der Waals surface area contributed by atoms with E-state index in [1.807, 2.05) is 18.0 Å². The van der Waals surface area contributed by atoms with Gasteiger partial charge in [-0.25, -0.2) is 0 Å². The number of anilines is 1. The van der Waals surface area contributed by atoms with Crippen molar-refractivity contribution >= 4 is 5.69 Å². The van der Waals surface area contributed by atoms with Gasteiger partial charge in [-0.05, 0) is 25.1 Å². The summed E-state index contributed by atoms with van der Waals surface area (Å²) in [6.45, 7) is 2.38. The fourth-order valence-corrected chi connectivity index (χ4v) is 2.04. The highest BCUT2D eigenvalue weighted by molar-refractivity contribution is 5.58. The molecule has 1 aromatic carbocycles. The fourth-order valence-electron chi connectivity index (χ4n) is 2.04. The molecule has 0 bridgehead atoms. The molecule has 2 rings (SSSR count). The van der Waals surface area contributed by atoms with Crippen LogP contribution in [0.5, 0.6) is 0 Å². The first-order valence-electron chi connectivity index (χ1n) is 6.06. The molecule has 0 aliphatic rings. The number of benzene rings is 1. The minimum Gasteiger partial charge on any atom is -0.472 e. The summed E-state index contributed by atoms with van der Waals surface area (Å²) >= 11 is 0. The van der Waals surface area contributed by atoms with E-state index in [2.05, 4.69) is 6.07 Å². The molecule has 1 N–H and O–H groups in total. The van der Waals surface area contributed by atoms with Crippen molar-refractivity contribution < 1.29 is 9.52 Å². The Labute approximate surface area is 112 Å². The Morgan fingerprint density at radius 2 is 2.21 bits per heavy atom. The molecule has 0 radical (unpaired) electrons. The molecule has 19 heavy (non-hydrogen) atoms. The second-order valence-electron chi connectivity index (χ2n) is 4.55. The van der Waals surface area contributed by atoms with Crippen LogP contribution in [0.25, 0.3) is 0 Å². The fraction of sp³-hybridized carbons (Fsp3) is 0.267. The van der Waals surface area contributed by atoms with Gasteiger partial charge in [-0.2, -0.15) is 5.26 Å². The maximum atomic E-state index is 9.82. The summed E-state index contributed by atoms with van der Waals surface area (Å²) in [4.78, 5) is 1.99. The highest BCUT2D eigenvalue weighted by atomic mass is 16.3. The van der Waals surface area contributed by atoms with Gasteiger partial charge in [0.15, 0.2) is 0 Å². The normalized spacial score (nSPS) is 11.9. The maximum Gasteiger partial charge on any atom is 0.0992 e. The zero-order chi connectivity index (χ0) is 13.8. The Hall–Kier alpha value is -2.25. The number of aliphatic hydroxyl groups excluding tert-OH is 1. The highest BCUT2D eigenvalue weighted by Crippen LogP contribution is 2.28. The minimum absolute atomic E-state index is 0.574. The van der Waals surface area contributed by atoms with Crippen molar-refractivity contribution in [1.82, 2.24) is 0 Å². The Balaban J connectivity index is 2.33. The van der Waals surface area contributed by atoms with Crippen LogP contribution in [0.1, 0.15) is 29.7 Å². The first-order chi connectivity index (χ1) is 9.11. The van der Waals surface area contributed by atoms with Crippen LogP contribution in [0, 0.1) is 11.3 Å². The van der Waals surface area contributed by atoms with E-state index < -0.39 is 6.10 Å². The standard InChI is InChI=1S/C15H16N2O2/c1-11(18)14-4-3-12(8-16)7-15(14)17(2)9-13-5-6-19-10-13/h3-7,10-11,18H,9H2,1-2H3/t11-/m1/s1. The number of furan rings is 1. The van der Waals surface area contributed by atoms with Gasteiger partial charge in [-0.15, -0.1) is 0 Å². The van der Waals surface area contributed by atoms with Crippen molar-refractivity contribution in [3.8, 4) is 6.07 Å². The number of rotatable bonds is 4. The highest BCUT2D eigenvalue weighted by Gasteiger charge is 2.13. The van der Waals surface area contributed by atoms with E-state index in [9.17, 15) is 5.11 Å². The summed E-state index contributed by atoms with van der Waals surface area (Å²) in [7, 11) is 1.93. The second-order valence-corrected chi connectivity index (χ2v) is 4.55. The molecule has 0 aliphatic carbocycles. The molecule has 4 nitrogen and oxygen atoms in total. The quantitative estimate of drug-likeness (QED) is 0.913. The van der Waals surface area contributed by atoms with Crippen LogP contribution < -0.4 is 4.90 Å². The predicted molar refractivity (Wildman–Crippen MR) is 72.6 cm³/mol. The Kier molecular flexibility index (Phi) is 3.88. The van der Waals surface area contributed by atoms with Crippen LogP contribution in [-0.2, 0) is 6.54 Å². The smallest absolute Gasteiger partial charge is 0.0992 e. The van der Waals surface area contributed by atoms with Crippen molar-refractivity contribution in [2.24, 2.45) is 0 Å². The molecular formula is C15H16N2O2. The summed E-state index contributed by atoms with van der Waals surface area (Å²) in [6, 6.07) is 9.33. The first kappa shape index (κ1) is 13.2. The van der Waals surface area contributed by atoms with E-state index in [4.69, 9.17) is 9.68 Å². The third kappa shape index (κ3) is 2.95. The van der Waals surface area contributed by atoms with Gasteiger partial charge < -0.3 is 14.4 Å². The maximum absolute atomic E-state index is 9.82. The monoisotopic (exact) mass is 256 g/mol. The largest absolute Gasteiger partial charge is 0.472 e. The molecule has 98 valence electrons. The zero-order valence-corrected chi connectivity index (χ0v) is 11.0. The Morgan fingerprint density at radius 3 is 2.79 bits per heavy atom. The van der Waals surface area contributed by atoms with E-state index in [0.29, 0.717) is 12.1 Å². The second kappa shape index (κ2) is 5.59. The summed E-state index contributed by atoms with van der Waals surface area (Å²) in [5, 5.41) is 18.8. The van der Waals surface area contributed by atoms with Gasteiger partial charge in [0.25, 0.3) is 0 Å². The van der Waals surface area contributed by atoms with Gasteiger partial charge in [0.1, 0.15) is 0 Å². The molecule has 0 saturated heterocycles. The van der Waals surface area contributed by atoms with Crippen LogP contribution in [-0.4, -0.2) is 12.2 Å². The van der Waals surface area contributed by atoms with Crippen LogP contribution in [0.3, 0.4) is 0 Å². The van der Waals surface area contributed by atoms with Crippen LogP contribution in [0.2, 0.25) is 0 Å². The summed E-state index contributed by atoms with van der Waals surface area (Å²) in [5.74, 6) is 0. The molecule has 1 aromatic heterocycles. The molecule has 4 heteroatoms. The molecule has 0 saturated carbocycles. The lowest BCUT2D eigenvalue weighted by Crippen LogP contribution is -2.18. The molecule has 0 aliphatic heterocycles. The lowest BCUT2D eigenvalue weighted by Gasteiger charge is -2.23. The number of hydrogen-bond acceptors (Lipinski definition) is 4. The van der Waals surface area contributed by atoms with E-state index >= 15 is 0 Å². The van der Waals surface area contributed by atoms with E-state index in [-0.39, 0.29) is 0 Å². The SMILES string of the molecule is C[C@@H](O)c1ccc(C#N)cc1N(C)Cc1ccoc1. The minimum atomic E-state index is -0.574. The van der Waals surface area contributed by atoms with Gasteiger partial charge in [0, 0.05) is 30.4 Å². The van der Waals surface area contributed by atoms with E-state index in [1.54, 1.807) is 37.6 Å². The number of aliphatic hydroxyl groups is 1. The first-order valence-corrected chi connectivity index (χ1v) is 6.06. The van der Waals surface area contributed by atoms with Gasteiger partial charge in [-0.3, -0.25) is 0 Å². The molecule has 0 amide bonds. The van der Waals surface area contributed by atoms with Crippen LogP contribution in [0.4, 0.5) is 5.69 Å². The summed E-state index contributed by atoms with van der Waals surface area (Å²) < 4.78 is 5.05. The van der Waals surface area contributed by atoms with Crippen LogP contribution in [0.15, 0.2) is 41.2 Å². The third-order valence-electron chi connectivity index (χ3n) is 3.02. The van der Waals surface area contributed by atoms with Crippen molar-refractivity contribution in [3.63, 3.8) is 0 Å². The lowest BCUT2D eigenvalue weighted by atomic mass is 10.0. The number of hydrogen-bond donors (Lipinski definition) is 1. The average molecular weight is 256 g/mol. The molecule has 0 unspecified atom stereocenters.